The van der Waals surface area contributed by atoms with Crippen molar-refractivity contribution in [3.63, 3.8) is 0 Å². The monoisotopic (exact) mass is 489 g/mol. The minimum atomic E-state index is -3.33. The van der Waals surface area contributed by atoms with Gasteiger partial charge in [0, 0.05) is 31.4 Å². The highest BCUT2D eigenvalue weighted by molar-refractivity contribution is 7.91. The highest BCUT2D eigenvalue weighted by atomic mass is 35.5. The largest absolute Gasteiger partial charge is 0.360 e. The fourth-order valence-corrected chi connectivity index (χ4v) is 5.05. The summed E-state index contributed by atoms with van der Waals surface area (Å²) in [4.78, 5) is 34.7. The second kappa shape index (κ2) is 9.52. The third-order valence-electron chi connectivity index (χ3n) is 5.78. The van der Waals surface area contributed by atoms with Gasteiger partial charge in [-0.05, 0) is 36.6 Å². The number of sulfone groups is 1. The lowest BCUT2D eigenvalue weighted by atomic mass is 10.0. The summed E-state index contributed by atoms with van der Waals surface area (Å²) < 4.78 is 25.6. The summed E-state index contributed by atoms with van der Waals surface area (Å²) in [6.45, 7) is 1.78. The van der Waals surface area contributed by atoms with Crippen LogP contribution in [0, 0.1) is 5.92 Å². The minimum absolute atomic E-state index is 0.00379. The molecule has 3 aromatic rings. The van der Waals surface area contributed by atoms with Crippen LogP contribution in [0.5, 0.6) is 0 Å². The van der Waals surface area contributed by atoms with E-state index in [-0.39, 0.29) is 45.8 Å². The molecule has 1 saturated carbocycles. The molecule has 4 rings (SSSR count). The maximum Gasteiger partial charge on any atom is 0.295 e. The predicted molar refractivity (Wildman–Crippen MR) is 127 cm³/mol. The number of rotatable bonds is 7. The average molecular weight is 490 g/mol. The molecule has 1 fully saturated rings. The molecule has 0 aromatic carbocycles. The minimum Gasteiger partial charge on any atom is -0.360 e. The van der Waals surface area contributed by atoms with Gasteiger partial charge in [-0.25, -0.2) is 18.4 Å². The Morgan fingerprint density at radius 3 is 2.76 bits per heavy atom. The molecule has 1 aliphatic carbocycles. The van der Waals surface area contributed by atoms with Crippen molar-refractivity contribution >= 4 is 44.6 Å². The molecule has 10 nitrogen and oxygen atoms in total. The van der Waals surface area contributed by atoms with Crippen molar-refractivity contribution < 1.29 is 8.42 Å². The van der Waals surface area contributed by atoms with E-state index in [0.717, 1.165) is 19.3 Å². The second-order valence-corrected chi connectivity index (χ2v) is 10.4. The summed E-state index contributed by atoms with van der Waals surface area (Å²) in [6.07, 6.45) is 7.40. The van der Waals surface area contributed by atoms with Gasteiger partial charge in [0.05, 0.1) is 29.1 Å². The van der Waals surface area contributed by atoms with E-state index in [1.165, 1.54) is 18.5 Å². The van der Waals surface area contributed by atoms with Crippen LogP contribution >= 0.6 is 11.6 Å². The molecule has 2 atom stereocenters. The Balaban J connectivity index is 1.69. The number of hydrogen-bond acceptors (Lipinski definition) is 9. The van der Waals surface area contributed by atoms with Crippen molar-refractivity contribution in [3.05, 3.63) is 45.9 Å². The number of hydrogen-bond donors (Lipinski definition) is 1. The van der Waals surface area contributed by atoms with Gasteiger partial charge in [-0.3, -0.25) is 14.3 Å². The van der Waals surface area contributed by atoms with Crippen LogP contribution in [0.3, 0.4) is 0 Å². The number of halogens is 1. The van der Waals surface area contributed by atoms with Crippen LogP contribution in [-0.2, 0) is 16.4 Å². The molecule has 1 N–H and O–H groups in total. The van der Waals surface area contributed by atoms with Gasteiger partial charge in [-0.2, -0.15) is 4.98 Å². The number of fused-ring (bicyclic) bond motifs is 1. The second-order valence-electron chi connectivity index (χ2n) is 7.80. The van der Waals surface area contributed by atoms with Gasteiger partial charge >= 0.3 is 0 Å². The first kappa shape index (κ1) is 23.2. The van der Waals surface area contributed by atoms with Gasteiger partial charge in [0.25, 0.3) is 5.56 Å². The molecule has 33 heavy (non-hydrogen) atoms. The Morgan fingerprint density at radius 2 is 2.06 bits per heavy atom. The summed E-state index contributed by atoms with van der Waals surface area (Å²) in [5.74, 6) is 0.248. The van der Waals surface area contributed by atoms with E-state index in [1.807, 2.05) is 6.21 Å². The molecule has 174 valence electrons. The molecule has 1 aliphatic rings. The number of aliphatic imine (C=N–C) groups is 1. The molecule has 0 saturated heterocycles. The van der Waals surface area contributed by atoms with E-state index in [2.05, 4.69) is 30.2 Å². The molecule has 0 bridgehead atoms. The van der Waals surface area contributed by atoms with E-state index >= 15 is 0 Å². The number of nitrogens with one attached hydrogen (secondary N) is 1. The maximum atomic E-state index is 13.5. The Labute approximate surface area is 196 Å². The Kier molecular flexibility index (Phi) is 6.71. The van der Waals surface area contributed by atoms with Crippen LogP contribution in [0.4, 0.5) is 5.82 Å². The van der Waals surface area contributed by atoms with Gasteiger partial charge in [0.1, 0.15) is 5.52 Å². The number of anilines is 1. The molecule has 0 aliphatic heterocycles. The third kappa shape index (κ3) is 4.74. The SMILES string of the molecule is CCS(=O)(=O)c1ccc(CNc2nc3cnc(Cl)nc3n([C@H]3CCC[C@@H]3C=NC)c2=O)nc1. The van der Waals surface area contributed by atoms with Gasteiger partial charge in [0.2, 0.25) is 5.28 Å². The third-order valence-corrected chi connectivity index (χ3v) is 7.68. The van der Waals surface area contributed by atoms with Gasteiger partial charge < -0.3 is 10.3 Å². The lowest BCUT2D eigenvalue weighted by molar-refractivity contribution is 0.464. The first-order chi connectivity index (χ1) is 15.8. The molecule has 0 unspecified atom stereocenters. The fourth-order valence-electron chi connectivity index (χ4n) is 4.10. The first-order valence-corrected chi connectivity index (χ1v) is 12.7. The van der Waals surface area contributed by atoms with Crippen LogP contribution in [0.1, 0.15) is 37.9 Å². The molecule has 12 heteroatoms. The van der Waals surface area contributed by atoms with Crippen molar-refractivity contribution in [1.29, 1.82) is 0 Å². The standard InChI is InChI=1S/C21H24ClN7O3S/c1-3-33(31,32)15-8-7-14(24-11-15)10-25-18-20(30)29(17-6-4-5-13(17)9-23-2)19-16(27-18)12-26-21(22)28-19/h7-9,11-13,17H,3-6,10H2,1-2H3,(H,25,27)/t13-,17+/m1/s1. The summed E-state index contributed by atoms with van der Waals surface area (Å²) in [6, 6.07) is 3.01. The molecule has 0 radical (unpaired) electrons. The Hall–Kier alpha value is -2.92. The summed E-state index contributed by atoms with van der Waals surface area (Å²) in [7, 11) is -1.60. The van der Waals surface area contributed by atoms with Gasteiger partial charge in [-0.15, -0.1) is 0 Å². The molecule has 3 heterocycles. The highest BCUT2D eigenvalue weighted by Crippen LogP contribution is 2.35. The van der Waals surface area contributed by atoms with E-state index in [9.17, 15) is 13.2 Å². The quantitative estimate of drug-likeness (QED) is 0.395. The lowest BCUT2D eigenvalue weighted by Crippen LogP contribution is -2.31. The van der Waals surface area contributed by atoms with Crippen LogP contribution in [-0.4, -0.2) is 51.9 Å². The van der Waals surface area contributed by atoms with E-state index in [4.69, 9.17) is 11.6 Å². The van der Waals surface area contributed by atoms with Gasteiger partial charge in [-0.1, -0.05) is 13.3 Å². The highest BCUT2D eigenvalue weighted by Gasteiger charge is 2.31. The maximum absolute atomic E-state index is 13.5. The van der Waals surface area contributed by atoms with Crippen molar-refractivity contribution in [2.45, 2.75) is 43.7 Å². The normalized spacial score (nSPS) is 18.9. The zero-order valence-corrected chi connectivity index (χ0v) is 19.8. The van der Waals surface area contributed by atoms with Crippen LogP contribution in [0.15, 0.2) is 39.2 Å². The molecule has 0 spiro atoms. The lowest BCUT2D eigenvalue weighted by Gasteiger charge is -2.21. The zero-order valence-electron chi connectivity index (χ0n) is 18.3. The molecular formula is C21H24ClN7O3S. The Morgan fingerprint density at radius 1 is 1.24 bits per heavy atom. The summed E-state index contributed by atoms with van der Waals surface area (Å²) >= 11 is 6.03. The van der Waals surface area contributed by atoms with Crippen molar-refractivity contribution in [1.82, 2.24) is 24.5 Å². The van der Waals surface area contributed by atoms with E-state index < -0.39 is 9.84 Å². The molecule has 3 aromatic heterocycles. The fraction of sp³-hybridized carbons (Fsp3) is 0.429. The predicted octanol–water partition coefficient (Wildman–Crippen LogP) is 2.68. The number of nitrogens with zero attached hydrogens (tertiary/aromatic N) is 6. The van der Waals surface area contributed by atoms with Crippen LogP contribution in [0.25, 0.3) is 11.2 Å². The summed E-state index contributed by atoms with van der Waals surface area (Å²) in [5, 5.41) is 3.08. The zero-order chi connectivity index (χ0) is 23.6. The number of aromatic nitrogens is 5. The molecule has 0 amide bonds. The van der Waals surface area contributed by atoms with Crippen molar-refractivity contribution in [3.8, 4) is 0 Å². The Bertz CT molecular complexity index is 1360. The van der Waals surface area contributed by atoms with Crippen molar-refractivity contribution in [2.24, 2.45) is 10.9 Å². The summed E-state index contributed by atoms with van der Waals surface area (Å²) in [5.41, 5.74) is 1.09. The van der Waals surface area contributed by atoms with Crippen LogP contribution < -0.4 is 10.9 Å². The number of pyridine rings is 1. The van der Waals surface area contributed by atoms with Crippen molar-refractivity contribution in [2.75, 3.05) is 18.1 Å². The van der Waals surface area contributed by atoms with E-state index in [1.54, 1.807) is 24.6 Å². The van der Waals surface area contributed by atoms with Gasteiger partial charge in [0.15, 0.2) is 21.3 Å². The van der Waals surface area contributed by atoms with E-state index in [0.29, 0.717) is 16.9 Å². The smallest absolute Gasteiger partial charge is 0.295 e. The van der Waals surface area contributed by atoms with Crippen LogP contribution in [0.2, 0.25) is 5.28 Å². The topological polar surface area (TPSA) is 132 Å². The molecular weight excluding hydrogens is 466 g/mol. The first-order valence-electron chi connectivity index (χ1n) is 10.6. The average Bonchev–Trinajstić information content (AvgIpc) is 3.26.